The molecule has 0 aromatic heterocycles. The van der Waals surface area contributed by atoms with Gasteiger partial charge in [-0.05, 0) is 80.1 Å². The summed E-state index contributed by atoms with van der Waals surface area (Å²) in [6.07, 6.45) is 9.33. The van der Waals surface area contributed by atoms with Gasteiger partial charge in [0, 0.05) is 11.6 Å². The van der Waals surface area contributed by atoms with Crippen molar-refractivity contribution in [3.05, 3.63) is 41.0 Å². The lowest BCUT2D eigenvalue weighted by molar-refractivity contribution is -0.0790. The molecule has 0 radical (unpaired) electrons. The fourth-order valence-electron chi connectivity index (χ4n) is 5.44. The minimum atomic E-state index is -4.62. The van der Waals surface area contributed by atoms with Crippen molar-refractivity contribution in [2.45, 2.75) is 96.4 Å². The molecular formula is C26H35F5O. The van der Waals surface area contributed by atoms with E-state index in [0.29, 0.717) is 11.6 Å². The number of hydrogen-bond donors (Lipinski definition) is 0. The standard InChI is InChI=1S/C26H35F5O/c1-2-3-4-18-5-7-20(8-6-18)21-9-11-22(12-10-21)32-17-19-15-24(27)23(25(28)16-19)13-14-26(29,30)31/h13-16,18,20-22H,2-12,17H2,1H3. The van der Waals surface area contributed by atoms with Crippen molar-refractivity contribution in [3.8, 4) is 0 Å². The summed E-state index contributed by atoms with van der Waals surface area (Å²) in [5.41, 5.74) is -0.382. The van der Waals surface area contributed by atoms with Crippen LogP contribution in [0, 0.1) is 29.4 Å². The topological polar surface area (TPSA) is 9.23 Å². The number of alkyl halides is 3. The van der Waals surface area contributed by atoms with Crippen LogP contribution in [-0.2, 0) is 11.3 Å². The third-order valence-electron chi connectivity index (χ3n) is 7.31. The second-order valence-corrected chi connectivity index (χ2v) is 9.62. The molecule has 6 heteroatoms. The molecule has 1 aromatic rings. The highest BCUT2D eigenvalue weighted by atomic mass is 19.4. The monoisotopic (exact) mass is 458 g/mol. The molecule has 0 bridgehead atoms. The van der Waals surface area contributed by atoms with Gasteiger partial charge in [0.05, 0.1) is 12.7 Å². The maximum absolute atomic E-state index is 14.1. The van der Waals surface area contributed by atoms with Gasteiger partial charge in [-0.3, -0.25) is 0 Å². The molecule has 0 saturated heterocycles. The van der Waals surface area contributed by atoms with E-state index in [1.54, 1.807) is 0 Å². The van der Waals surface area contributed by atoms with Gasteiger partial charge in [-0.25, -0.2) is 8.78 Å². The average Bonchev–Trinajstić information content (AvgIpc) is 2.76. The first-order chi connectivity index (χ1) is 15.2. The lowest BCUT2D eigenvalue weighted by Crippen LogP contribution is -2.28. The molecule has 1 aromatic carbocycles. The largest absolute Gasteiger partial charge is 0.409 e. The van der Waals surface area contributed by atoms with E-state index in [-0.39, 0.29) is 18.8 Å². The van der Waals surface area contributed by atoms with Crippen LogP contribution >= 0.6 is 0 Å². The fourth-order valence-corrected chi connectivity index (χ4v) is 5.44. The molecule has 0 aliphatic heterocycles. The quantitative estimate of drug-likeness (QED) is 0.354. The molecular weight excluding hydrogens is 423 g/mol. The molecule has 2 aliphatic carbocycles. The molecule has 32 heavy (non-hydrogen) atoms. The van der Waals surface area contributed by atoms with Crippen LogP contribution in [0.2, 0.25) is 0 Å². The van der Waals surface area contributed by atoms with Crippen LogP contribution in [-0.4, -0.2) is 12.3 Å². The molecule has 0 spiro atoms. The van der Waals surface area contributed by atoms with E-state index in [0.717, 1.165) is 55.6 Å². The molecule has 2 aliphatic rings. The summed E-state index contributed by atoms with van der Waals surface area (Å²) in [6.45, 7) is 2.32. The zero-order valence-corrected chi connectivity index (χ0v) is 18.9. The van der Waals surface area contributed by atoms with Crippen molar-refractivity contribution in [2.75, 3.05) is 0 Å². The Balaban J connectivity index is 1.43. The van der Waals surface area contributed by atoms with Crippen LogP contribution in [0.1, 0.15) is 88.7 Å². The van der Waals surface area contributed by atoms with Gasteiger partial charge in [0.25, 0.3) is 0 Å². The Hall–Kier alpha value is -1.43. The van der Waals surface area contributed by atoms with Crippen LogP contribution < -0.4 is 0 Å². The Morgan fingerprint density at radius 2 is 1.47 bits per heavy atom. The van der Waals surface area contributed by atoms with Crippen molar-refractivity contribution in [3.63, 3.8) is 0 Å². The number of rotatable bonds is 8. The summed E-state index contributed by atoms with van der Waals surface area (Å²) in [6, 6.07) is 2.11. The van der Waals surface area contributed by atoms with Gasteiger partial charge in [-0.1, -0.05) is 39.0 Å². The number of allylic oxidation sites excluding steroid dienone is 1. The summed E-state index contributed by atoms with van der Waals surface area (Å²) in [7, 11) is 0. The predicted molar refractivity (Wildman–Crippen MR) is 117 cm³/mol. The second kappa shape index (κ2) is 11.6. The van der Waals surface area contributed by atoms with Crippen molar-refractivity contribution in [1.29, 1.82) is 0 Å². The van der Waals surface area contributed by atoms with E-state index in [1.165, 1.54) is 44.9 Å². The zero-order chi connectivity index (χ0) is 23.1. The van der Waals surface area contributed by atoms with E-state index in [2.05, 4.69) is 6.92 Å². The highest BCUT2D eigenvalue weighted by Crippen LogP contribution is 2.41. The summed E-state index contributed by atoms with van der Waals surface area (Å²) in [5.74, 6) is 0.484. The molecule has 0 unspecified atom stereocenters. The lowest BCUT2D eigenvalue weighted by Gasteiger charge is -2.37. The molecule has 3 rings (SSSR count). The lowest BCUT2D eigenvalue weighted by atomic mass is 9.70. The van der Waals surface area contributed by atoms with Gasteiger partial charge in [-0.2, -0.15) is 13.2 Å². The highest BCUT2D eigenvalue weighted by Gasteiger charge is 2.31. The minimum absolute atomic E-state index is 0.0645. The van der Waals surface area contributed by atoms with Gasteiger partial charge in [0.15, 0.2) is 0 Å². The molecule has 0 amide bonds. The van der Waals surface area contributed by atoms with Gasteiger partial charge in [0.1, 0.15) is 11.6 Å². The Morgan fingerprint density at radius 1 is 0.906 bits per heavy atom. The van der Waals surface area contributed by atoms with Gasteiger partial charge in [0.2, 0.25) is 0 Å². The molecule has 0 atom stereocenters. The molecule has 0 N–H and O–H groups in total. The van der Waals surface area contributed by atoms with Crippen molar-refractivity contribution < 1.29 is 26.7 Å². The molecule has 1 nitrogen and oxygen atoms in total. The van der Waals surface area contributed by atoms with E-state index in [9.17, 15) is 22.0 Å². The molecule has 2 saturated carbocycles. The SMILES string of the molecule is CCCCC1CCC(C2CCC(OCc3cc(F)c(C=CC(F)(F)F)c(F)c3)CC2)CC1. The number of hydrogen-bond acceptors (Lipinski definition) is 1. The second-order valence-electron chi connectivity index (χ2n) is 9.62. The summed E-state index contributed by atoms with van der Waals surface area (Å²) < 4.78 is 70.9. The van der Waals surface area contributed by atoms with Crippen LogP contribution in [0.5, 0.6) is 0 Å². The Labute approximate surface area is 188 Å². The predicted octanol–water partition coefficient (Wildman–Crippen LogP) is 8.61. The van der Waals surface area contributed by atoms with Crippen molar-refractivity contribution in [1.82, 2.24) is 0 Å². The number of benzene rings is 1. The van der Waals surface area contributed by atoms with Crippen LogP contribution in [0.15, 0.2) is 18.2 Å². The normalized spacial score (nSPS) is 27.2. The molecule has 0 heterocycles. The Kier molecular flexibility index (Phi) is 9.15. The maximum atomic E-state index is 14.1. The zero-order valence-electron chi connectivity index (χ0n) is 18.9. The smallest absolute Gasteiger partial charge is 0.374 e. The summed E-state index contributed by atoms with van der Waals surface area (Å²) in [4.78, 5) is 0. The summed E-state index contributed by atoms with van der Waals surface area (Å²) in [5, 5.41) is 0. The number of ether oxygens (including phenoxy) is 1. The fraction of sp³-hybridized carbons (Fsp3) is 0.692. The van der Waals surface area contributed by atoms with Crippen LogP contribution in [0.4, 0.5) is 22.0 Å². The highest BCUT2D eigenvalue weighted by molar-refractivity contribution is 5.52. The van der Waals surface area contributed by atoms with Crippen LogP contribution in [0.25, 0.3) is 6.08 Å². The van der Waals surface area contributed by atoms with Gasteiger partial charge >= 0.3 is 6.18 Å². The Bertz CT molecular complexity index is 718. The first-order valence-electron chi connectivity index (χ1n) is 12.1. The van der Waals surface area contributed by atoms with Gasteiger partial charge < -0.3 is 4.74 Å². The van der Waals surface area contributed by atoms with E-state index in [1.807, 2.05) is 0 Å². The maximum Gasteiger partial charge on any atom is 0.409 e. The van der Waals surface area contributed by atoms with E-state index < -0.39 is 23.4 Å². The number of halogens is 5. The first kappa shape index (κ1) is 25.2. The first-order valence-corrected chi connectivity index (χ1v) is 12.1. The Morgan fingerprint density at radius 3 is 2.00 bits per heavy atom. The molecule has 180 valence electrons. The molecule has 2 fully saturated rings. The van der Waals surface area contributed by atoms with E-state index in [4.69, 9.17) is 4.74 Å². The van der Waals surface area contributed by atoms with Crippen molar-refractivity contribution >= 4 is 6.08 Å². The number of unbranched alkanes of at least 4 members (excludes halogenated alkanes) is 1. The third kappa shape index (κ3) is 7.57. The van der Waals surface area contributed by atoms with Gasteiger partial charge in [-0.15, -0.1) is 0 Å². The summed E-state index contributed by atoms with van der Waals surface area (Å²) >= 11 is 0. The van der Waals surface area contributed by atoms with Crippen LogP contribution in [0.3, 0.4) is 0 Å². The third-order valence-corrected chi connectivity index (χ3v) is 7.31. The minimum Gasteiger partial charge on any atom is -0.374 e. The van der Waals surface area contributed by atoms with E-state index >= 15 is 0 Å². The average molecular weight is 459 g/mol. The van der Waals surface area contributed by atoms with Crippen molar-refractivity contribution in [2.24, 2.45) is 17.8 Å².